The molecule has 0 amide bonds. The maximum Gasteiger partial charge on any atom is 0.351 e. The van der Waals surface area contributed by atoms with E-state index >= 15 is 0 Å². The summed E-state index contributed by atoms with van der Waals surface area (Å²) in [6, 6.07) is 16.1. The van der Waals surface area contributed by atoms with E-state index < -0.39 is 24.4 Å². The lowest BCUT2D eigenvalue weighted by molar-refractivity contribution is -0.154. The van der Waals surface area contributed by atoms with E-state index in [-0.39, 0.29) is 18.0 Å². The van der Waals surface area contributed by atoms with E-state index in [1.807, 2.05) is 18.2 Å². The van der Waals surface area contributed by atoms with Crippen LogP contribution in [0.15, 0.2) is 54.3 Å². The van der Waals surface area contributed by atoms with Gasteiger partial charge < -0.3 is 24.3 Å². The summed E-state index contributed by atoms with van der Waals surface area (Å²) in [7, 11) is 0. The number of hydrogen-bond acceptors (Lipinski definition) is 7. The Balaban J connectivity index is 1.46. The van der Waals surface area contributed by atoms with Crippen molar-refractivity contribution in [2.45, 2.75) is 6.10 Å². The number of imidazole rings is 1. The Labute approximate surface area is 159 Å². The van der Waals surface area contributed by atoms with Crippen molar-refractivity contribution < 1.29 is 24.1 Å². The fraction of sp³-hybridized carbons (Fsp3) is 0.150. The number of aliphatic hydroxyl groups excluding tert-OH is 1. The van der Waals surface area contributed by atoms with E-state index in [0.717, 1.165) is 5.52 Å². The average Bonchev–Trinajstić information content (AvgIpc) is 3.15. The maximum atomic E-state index is 12.2. The highest BCUT2D eigenvalue weighted by Gasteiger charge is 2.29. The first-order valence-corrected chi connectivity index (χ1v) is 8.48. The lowest BCUT2D eigenvalue weighted by Crippen LogP contribution is -2.38. The third kappa shape index (κ3) is 3.33. The molecule has 28 heavy (non-hydrogen) atoms. The van der Waals surface area contributed by atoms with Gasteiger partial charge in [0.1, 0.15) is 24.9 Å². The van der Waals surface area contributed by atoms with Crippen molar-refractivity contribution in [3.8, 4) is 17.6 Å². The molecule has 0 radical (unpaired) electrons. The number of nitrogens with one attached hydrogen (secondary N) is 1. The van der Waals surface area contributed by atoms with Gasteiger partial charge in [-0.05, 0) is 24.3 Å². The first kappa shape index (κ1) is 17.4. The zero-order valence-corrected chi connectivity index (χ0v) is 14.6. The largest absolute Gasteiger partial charge is 0.507 e. The number of aromatic nitrogens is 2. The van der Waals surface area contributed by atoms with Gasteiger partial charge in [0.25, 0.3) is 0 Å². The van der Waals surface area contributed by atoms with Crippen molar-refractivity contribution in [2.24, 2.45) is 0 Å². The quantitative estimate of drug-likeness (QED) is 0.408. The lowest BCUT2D eigenvalue weighted by Gasteiger charge is -2.24. The second kappa shape index (κ2) is 7.32. The van der Waals surface area contributed by atoms with Crippen LogP contribution in [0.2, 0.25) is 0 Å². The minimum atomic E-state index is -0.959. The Hall–Kier alpha value is -3.99. The summed E-state index contributed by atoms with van der Waals surface area (Å²) >= 11 is 0. The summed E-state index contributed by atoms with van der Waals surface area (Å²) in [5.41, 5.74) is 1.28. The van der Waals surface area contributed by atoms with Crippen LogP contribution in [-0.2, 0) is 9.53 Å². The van der Waals surface area contributed by atoms with Crippen LogP contribution in [0.5, 0.6) is 11.5 Å². The Kier molecular flexibility index (Phi) is 4.56. The van der Waals surface area contributed by atoms with Gasteiger partial charge in [0.05, 0.1) is 11.0 Å². The van der Waals surface area contributed by atoms with Crippen LogP contribution in [0.3, 0.4) is 0 Å². The molecule has 0 saturated heterocycles. The molecular formula is C20H15N3O5. The Morgan fingerprint density at radius 1 is 1.25 bits per heavy atom. The molecule has 0 fully saturated rings. The van der Waals surface area contributed by atoms with E-state index in [0.29, 0.717) is 17.0 Å². The molecule has 4 rings (SSSR count). The Morgan fingerprint density at radius 3 is 2.79 bits per heavy atom. The fourth-order valence-corrected chi connectivity index (χ4v) is 2.77. The number of benzene rings is 2. The van der Waals surface area contributed by atoms with Crippen molar-refractivity contribution in [2.75, 3.05) is 13.2 Å². The van der Waals surface area contributed by atoms with Gasteiger partial charge in [0.15, 0.2) is 23.1 Å². The van der Waals surface area contributed by atoms with Crippen LogP contribution in [0.25, 0.3) is 16.6 Å². The monoisotopic (exact) mass is 377 g/mol. The predicted molar refractivity (Wildman–Crippen MR) is 98.6 cm³/mol. The van der Waals surface area contributed by atoms with Crippen molar-refractivity contribution in [3.63, 3.8) is 0 Å². The highest BCUT2D eigenvalue weighted by Crippen LogP contribution is 2.31. The van der Waals surface area contributed by atoms with Crippen LogP contribution >= 0.6 is 0 Å². The number of esters is 1. The SMILES string of the molecule is N#C/C(=C(/O)COC(=O)[C@@H]1COc2ccccc2O1)c1nc2ccccc2[nH]1. The molecule has 1 aromatic heterocycles. The van der Waals surface area contributed by atoms with Gasteiger partial charge in [0.2, 0.25) is 6.10 Å². The number of H-pyrrole nitrogens is 1. The number of hydrogen-bond donors (Lipinski definition) is 2. The van der Waals surface area contributed by atoms with E-state index in [1.54, 1.807) is 36.4 Å². The van der Waals surface area contributed by atoms with Crippen molar-refractivity contribution in [1.29, 1.82) is 5.26 Å². The number of aromatic amines is 1. The van der Waals surface area contributed by atoms with Gasteiger partial charge >= 0.3 is 5.97 Å². The number of nitriles is 1. The summed E-state index contributed by atoms with van der Waals surface area (Å²) in [4.78, 5) is 19.5. The third-order valence-corrected chi connectivity index (χ3v) is 4.15. The number of allylic oxidation sites excluding steroid dienone is 1. The van der Waals surface area contributed by atoms with Gasteiger partial charge in [-0.2, -0.15) is 5.26 Å². The van der Waals surface area contributed by atoms with E-state index in [2.05, 4.69) is 9.97 Å². The minimum absolute atomic E-state index is 0.00496. The first-order chi connectivity index (χ1) is 13.7. The molecule has 0 saturated carbocycles. The van der Waals surface area contributed by atoms with Crippen LogP contribution in [-0.4, -0.2) is 40.4 Å². The summed E-state index contributed by atoms with van der Waals surface area (Å²) < 4.78 is 16.1. The molecule has 2 heterocycles. The second-order valence-electron chi connectivity index (χ2n) is 6.01. The molecule has 1 aliphatic rings. The molecule has 3 aromatic rings. The number of para-hydroxylation sites is 4. The molecule has 0 unspecified atom stereocenters. The number of carbonyl (C=O) groups excluding carboxylic acids is 1. The Morgan fingerprint density at radius 2 is 2.00 bits per heavy atom. The normalized spacial score (nSPS) is 16.2. The van der Waals surface area contributed by atoms with Crippen molar-refractivity contribution in [1.82, 2.24) is 9.97 Å². The Bertz CT molecular complexity index is 1080. The second-order valence-corrected chi connectivity index (χ2v) is 6.01. The minimum Gasteiger partial charge on any atom is -0.507 e. The number of fused-ring (bicyclic) bond motifs is 2. The van der Waals surface area contributed by atoms with Gasteiger partial charge in [-0.15, -0.1) is 0 Å². The summed E-state index contributed by atoms with van der Waals surface area (Å²) in [5, 5.41) is 19.6. The first-order valence-electron chi connectivity index (χ1n) is 8.48. The highest BCUT2D eigenvalue weighted by atomic mass is 16.6. The fourth-order valence-electron chi connectivity index (χ4n) is 2.77. The summed E-state index contributed by atoms with van der Waals surface area (Å²) in [6.45, 7) is -0.491. The number of nitrogens with zero attached hydrogens (tertiary/aromatic N) is 2. The molecule has 0 spiro atoms. The highest BCUT2D eigenvalue weighted by molar-refractivity contribution is 5.83. The summed E-state index contributed by atoms with van der Waals surface area (Å²) in [6.07, 6.45) is -0.959. The smallest absolute Gasteiger partial charge is 0.351 e. The van der Waals surface area contributed by atoms with E-state index in [1.165, 1.54) is 0 Å². The molecule has 0 aliphatic carbocycles. The summed E-state index contributed by atoms with van der Waals surface area (Å²) in [5.74, 6) is 0.0693. The van der Waals surface area contributed by atoms with Gasteiger partial charge in [-0.25, -0.2) is 9.78 Å². The molecule has 8 heteroatoms. The van der Waals surface area contributed by atoms with Crippen LogP contribution < -0.4 is 9.47 Å². The third-order valence-electron chi connectivity index (χ3n) is 4.15. The molecule has 8 nitrogen and oxygen atoms in total. The topological polar surface area (TPSA) is 117 Å². The van der Waals surface area contributed by atoms with Crippen molar-refractivity contribution in [3.05, 3.63) is 60.1 Å². The number of aliphatic hydroxyl groups is 1. The average molecular weight is 377 g/mol. The zero-order chi connectivity index (χ0) is 19.5. The van der Waals surface area contributed by atoms with Gasteiger partial charge in [-0.3, -0.25) is 0 Å². The molecule has 1 aliphatic heterocycles. The molecular weight excluding hydrogens is 362 g/mol. The molecule has 140 valence electrons. The van der Waals surface area contributed by atoms with Crippen molar-refractivity contribution >= 4 is 22.6 Å². The molecule has 1 atom stereocenters. The van der Waals surface area contributed by atoms with Crippen LogP contribution in [0.4, 0.5) is 0 Å². The standard InChI is InChI=1S/C20H15N3O5/c21-9-12(19-22-13-5-1-2-6-14(13)23-19)15(24)10-27-20(25)18-11-26-16-7-3-4-8-17(16)28-18/h1-8,18,24H,10-11H2,(H,22,23)/b15-12-/t18-/m0/s1. The number of ether oxygens (including phenoxy) is 3. The van der Waals surface area contributed by atoms with Crippen LogP contribution in [0, 0.1) is 11.3 Å². The van der Waals surface area contributed by atoms with Gasteiger partial charge in [-0.1, -0.05) is 24.3 Å². The predicted octanol–water partition coefficient (Wildman–Crippen LogP) is 2.74. The van der Waals surface area contributed by atoms with Gasteiger partial charge in [0, 0.05) is 0 Å². The zero-order valence-electron chi connectivity index (χ0n) is 14.6. The number of rotatable bonds is 4. The van der Waals surface area contributed by atoms with E-state index in [4.69, 9.17) is 14.2 Å². The molecule has 2 N–H and O–H groups in total. The lowest BCUT2D eigenvalue weighted by atomic mass is 10.2. The number of carbonyl (C=O) groups is 1. The maximum absolute atomic E-state index is 12.2. The molecule has 2 aromatic carbocycles. The van der Waals surface area contributed by atoms with Crippen LogP contribution in [0.1, 0.15) is 5.82 Å². The molecule has 0 bridgehead atoms. The van der Waals surface area contributed by atoms with E-state index in [9.17, 15) is 15.2 Å².